The van der Waals surface area contributed by atoms with E-state index in [0.717, 1.165) is 75.9 Å². The van der Waals surface area contributed by atoms with Gasteiger partial charge in [-0.15, -0.1) is 0 Å². The average Bonchev–Trinajstić information content (AvgIpc) is 3.73. The summed E-state index contributed by atoms with van der Waals surface area (Å²) in [6.07, 6.45) is 11.3. The maximum absolute atomic E-state index is 12.7. The molecule has 1 aliphatic heterocycles. The minimum absolute atomic E-state index is 0.0279. The second-order valence-electron chi connectivity index (χ2n) is 10.1. The number of furan rings is 1. The first-order valence-corrected chi connectivity index (χ1v) is 13.2. The van der Waals surface area contributed by atoms with Crippen LogP contribution in [0.15, 0.2) is 78.0 Å². The number of benzene rings is 1. The fourth-order valence-electron chi connectivity index (χ4n) is 5.45. The molecule has 0 radical (unpaired) electrons. The molecule has 39 heavy (non-hydrogen) atoms. The Morgan fingerprint density at radius 1 is 1.00 bits per heavy atom. The van der Waals surface area contributed by atoms with E-state index in [1.54, 1.807) is 31.1 Å². The quantitative estimate of drug-likeness (QED) is 0.223. The molecule has 0 bridgehead atoms. The van der Waals surface area contributed by atoms with Gasteiger partial charge in [-0.3, -0.25) is 14.9 Å². The molecule has 0 unspecified atom stereocenters. The molecule has 1 saturated heterocycles. The van der Waals surface area contributed by atoms with Crippen LogP contribution in [0.25, 0.3) is 55.6 Å². The first kappa shape index (κ1) is 23.4. The molecule has 1 aliphatic rings. The highest BCUT2D eigenvalue weighted by Gasteiger charge is 2.18. The van der Waals surface area contributed by atoms with Gasteiger partial charge in [-0.25, -0.2) is 4.98 Å². The van der Waals surface area contributed by atoms with E-state index in [1.807, 2.05) is 18.2 Å². The molecule has 9 nitrogen and oxygen atoms in total. The van der Waals surface area contributed by atoms with Crippen molar-refractivity contribution >= 4 is 33.5 Å². The zero-order chi connectivity index (χ0) is 26.2. The standard InChI is InChI=1S/C30H27N7O2/c38-28(10-18-4-7-31-8-5-18)34-22-11-20(14-32-16-22)21-12-25-29(36-37-30(25)33-15-21)27-13-24-23(19-6-9-39-17-19)2-1-3-26(24)35-27/h1-3,6,9,11-18,31,35H,4-5,7-8,10H2,(H,34,38)(H,33,36,37). The van der Waals surface area contributed by atoms with Crippen LogP contribution in [-0.2, 0) is 4.79 Å². The van der Waals surface area contributed by atoms with Crippen molar-refractivity contribution in [3.05, 3.63) is 73.6 Å². The summed E-state index contributed by atoms with van der Waals surface area (Å²) in [5.74, 6) is 0.453. The number of carbonyl (C=O) groups is 1. The van der Waals surface area contributed by atoms with Gasteiger partial charge in [0.2, 0.25) is 5.91 Å². The summed E-state index contributed by atoms with van der Waals surface area (Å²) in [4.78, 5) is 25.2. The van der Waals surface area contributed by atoms with Gasteiger partial charge in [0.15, 0.2) is 5.65 Å². The molecule has 1 fully saturated rings. The van der Waals surface area contributed by atoms with Crippen LogP contribution < -0.4 is 10.6 Å². The number of piperidine rings is 1. The number of pyridine rings is 2. The first-order valence-electron chi connectivity index (χ1n) is 13.2. The van der Waals surface area contributed by atoms with Gasteiger partial charge in [0.1, 0.15) is 5.69 Å². The summed E-state index contributed by atoms with van der Waals surface area (Å²) in [5, 5.41) is 16.0. The van der Waals surface area contributed by atoms with Crippen LogP contribution in [0.4, 0.5) is 5.69 Å². The molecule has 1 aromatic carbocycles. The summed E-state index contributed by atoms with van der Waals surface area (Å²) >= 11 is 0. The molecular formula is C30H27N7O2. The highest BCUT2D eigenvalue weighted by atomic mass is 16.3. The van der Waals surface area contributed by atoms with Crippen molar-refractivity contribution in [2.75, 3.05) is 18.4 Å². The molecule has 1 amide bonds. The maximum atomic E-state index is 12.7. The van der Waals surface area contributed by atoms with Gasteiger partial charge in [0.25, 0.3) is 0 Å². The number of fused-ring (bicyclic) bond motifs is 2. The summed E-state index contributed by atoms with van der Waals surface area (Å²) in [6.45, 7) is 1.95. The lowest BCUT2D eigenvalue weighted by Crippen LogP contribution is -2.30. The average molecular weight is 518 g/mol. The molecule has 0 saturated carbocycles. The van der Waals surface area contributed by atoms with Gasteiger partial charge in [0.05, 0.1) is 30.1 Å². The number of aromatic amines is 2. The molecule has 0 atom stereocenters. The predicted molar refractivity (Wildman–Crippen MR) is 151 cm³/mol. The van der Waals surface area contributed by atoms with E-state index in [2.05, 4.69) is 60.0 Å². The lowest BCUT2D eigenvalue weighted by atomic mass is 9.94. The van der Waals surface area contributed by atoms with Crippen LogP contribution in [-0.4, -0.2) is 44.1 Å². The van der Waals surface area contributed by atoms with E-state index < -0.39 is 0 Å². The number of nitrogens with one attached hydrogen (secondary N) is 4. The van der Waals surface area contributed by atoms with Crippen LogP contribution in [0.5, 0.6) is 0 Å². The number of hydrogen-bond donors (Lipinski definition) is 4. The molecule has 9 heteroatoms. The molecule has 0 aliphatic carbocycles. The smallest absolute Gasteiger partial charge is 0.224 e. The molecule has 7 rings (SSSR count). The number of amides is 1. The maximum Gasteiger partial charge on any atom is 0.224 e. The minimum Gasteiger partial charge on any atom is -0.472 e. The summed E-state index contributed by atoms with van der Waals surface area (Å²) in [6, 6.07) is 14.2. The zero-order valence-corrected chi connectivity index (χ0v) is 21.2. The minimum atomic E-state index is 0.0279. The van der Waals surface area contributed by atoms with Crippen LogP contribution in [0.2, 0.25) is 0 Å². The Kier molecular flexibility index (Phi) is 5.90. The third-order valence-corrected chi connectivity index (χ3v) is 7.46. The van der Waals surface area contributed by atoms with Crippen LogP contribution in [0, 0.1) is 5.92 Å². The lowest BCUT2D eigenvalue weighted by Gasteiger charge is -2.21. The van der Waals surface area contributed by atoms with Crippen molar-refractivity contribution in [3.63, 3.8) is 0 Å². The summed E-state index contributed by atoms with van der Waals surface area (Å²) in [5.41, 5.74) is 7.95. The number of nitrogens with zero attached hydrogens (tertiary/aromatic N) is 3. The van der Waals surface area contributed by atoms with E-state index in [-0.39, 0.29) is 5.91 Å². The van der Waals surface area contributed by atoms with Crippen molar-refractivity contribution in [2.45, 2.75) is 19.3 Å². The number of aromatic nitrogens is 5. The van der Waals surface area contributed by atoms with E-state index in [9.17, 15) is 4.79 Å². The zero-order valence-electron chi connectivity index (χ0n) is 21.2. The van der Waals surface area contributed by atoms with Crippen molar-refractivity contribution in [3.8, 4) is 33.6 Å². The predicted octanol–water partition coefficient (Wildman–Crippen LogP) is 5.76. The van der Waals surface area contributed by atoms with Crippen LogP contribution >= 0.6 is 0 Å². The number of anilines is 1. The molecule has 5 aromatic heterocycles. The van der Waals surface area contributed by atoms with Gasteiger partial charge in [-0.2, -0.15) is 5.10 Å². The van der Waals surface area contributed by atoms with Gasteiger partial charge in [-0.05, 0) is 67.7 Å². The van der Waals surface area contributed by atoms with Crippen LogP contribution in [0.3, 0.4) is 0 Å². The number of rotatable bonds is 6. The Hall–Kier alpha value is -4.76. The van der Waals surface area contributed by atoms with Crippen molar-refractivity contribution in [2.24, 2.45) is 5.92 Å². The SMILES string of the molecule is O=C(CC1CCNCC1)Nc1cncc(-c2cnc3[nH]nc(-c4cc5c(-c6ccoc6)cccc5[nH]4)c3c2)c1. The fraction of sp³-hybridized carbons (Fsp3) is 0.200. The van der Waals surface area contributed by atoms with Crippen molar-refractivity contribution in [1.82, 2.24) is 30.5 Å². The van der Waals surface area contributed by atoms with Gasteiger partial charge in [-0.1, -0.05) is 12.1 Å². The van der Waals surface area contributed by atoms with Crippen LogP contribution in [0.1, 0.15) is 19.3 Å². The van der Waals surface area contributed by atoms with E-state index in [4.69, 9.17) is 4.42 Å². The Morgan fingerprint density at radius 3 is 2.77 bits per heavy atom. The molecular weight excluding hydrogens is 490 g/mol. The molecule has 4 N–H and O–H groups in total. The van der Waals surface area contributed by atoms with E-state index >= 15 is 0 Å². The van der Waals surface area contributed by atoms with Gasteiger partial charge < -0.3 is 20.0 Å². The molecule has 194 valence electrons. The third-order valence-electron chi connectivity index (χ3n) is 7.46. The van der Waals surface area contributed by atoms with Gasteiger partial charge >= 0.3 is 0 Å². The molecule has 6 aromatic rings. The highest BCUT2D eigenvalue weighted by molar-refractivity contribution is 6.01. The summed E-state index contributed by atoms with van der Waals surface area (Å²) < 4.78 is 5.31. The fourth-order valence-corrected chi connectivity index (χ4v) is 5.45. The monoisotopic (exact) mass is 517 g/mol. The highest BCUT2D eigenvalue weighted by Crippen LogP contribution is 2.35. The third kappa shape index (κ3) is 4.57. The summed E-state index contributed by atoms with van der Waals surface area (Å²) in [7, 11) is 0. The normalized spacial score (nSPS) is 14.3. The molecule has 0 spiro atoms. The van der Waals surface area contributed by atoms with Crippen molar-refractivity contribution < 1.29 is 9.21 Å². The Labute approximate surface area is 224 Å². The number of carbonyl (C=O) groups excluding carboxylic acids is 1. The van der Waals surface area contributed by atoms with E-state index in [1.165, 1.54) is 0 Å². The largest absolute Gasteiger partial charge is 0.472 e. The second kappa shape index (κ2) is 9.85. The lowest BCUT2D eigenvalue weighted by molar-refractivity contribution is -0.117. The number of H-pyrrole nitrogens is 2. The second-order valence-corrected chi connectivity index (χ2v) is 10.1. The Balaban J connectivity index is 1.19. The Bertz CT molecular complexity index is 1780. The Morgan fingerprint density at radius 2 is 1.90 bits per heavy atom. The van der Waals surface area contributed by atoms with Gasteiger partial charge in [0, 0.05) is 51.8 Å². The number of hydrogen-bond acceptors (Lipinski definition) is 6. The van der Waals surface area contributed by atoms with E-state index in [0.29, 0.717) is 23.7 Å². The van der Waals surface area contributed by atoms with Crippen molar-refractivity contribution in [1.29, 1.82) is 0 Å². The molecule has 6 heterocycles. The topological polar surface area (TPSA) is 125 Å². The first-order chi connectivity index (χ1) is 19.2.